The van der Waals surface area contributed by atoms with E-state index < -0.39 is 0 Å². The minimum Gasteiger partial charge on any atom is -0.340 e. The molecule has 1 fully saturated rings. The lowest BCUT2D eigenvalue weighted by molar-refractivity contribution is 0.0252. The van der Waals surface area contributed by atoms with Crippen molar-refractivity contribution in [3.63, 3.8) is 0 Å². The van der Waals surface area contributed by atoms with Gasteiger partial charge in [-0.3, -0.25) is 4.79 Å². The maximum absolute atomic E-state index is 13.2. The van der Waals surface area contributed by atoms with Crippen LogP contribution >= 0.6 is 15.9 Å². The van der Waals surface area contributed by atoms with Gasteiger partial charge in [0.2, 0.25) is 0 Å². The highest BCUT2D eigenvalue weighted by Crippen LogP contribution is 2.36. The molecule has 0 saturated heterocycles. The van der Waals surface area contributed by atoms with E-state index in [4.69, 9.17) is 0 Å². The van der Waals surface area contributed by atoms with Gasteiger partial charge in [-0.2, -0.15) is 0 Å². The second-order valence-corrected chi connectivity index (χ2v) is 6.62. The van der Waals surface area contributed by atoms with E-state index in [9.17, 15) is 9.18 Å². The van der Waals surface area contributed by atoms with Gasteiger partial charge in [-0.15, -0.1) is 0 Å². The molecule has 3 nitrogen and oxygen atoms in total. The van der Waals surface area contributed by atoms with E-state index in [1.165, 1.54) is 24.6 Å². The molecule has 0 heterocycles. The van der Waals surface area contributed by atoms with Gasteiger partial charge in [0.1, 0.15) is 5.82 Å². The standard InChI is InChI=1S/C15H20BrFN2O/c1-18(2)15(7-4-8-15)10-19(3)14(20)11-5-6-13(17)12(16)9-11/h5-6,9H,4,7-8,10H2,1-3H3. The molecule has 0 radical (unpaired) electrons. The lowest BCUT2D eigenvalue weighted by Crippen LogP contribution is -2.57. The molecule has 20 heavy (non-hydrogen) atoms. The molecule has 1 aliphatic rings. The third-order valence-corrected chi connectivity index (χ3v) is 4.89. The Balaban J connectivity index is 2.10. The number of likely N-dealkylation sites (N-methyl/N-ethyl adjacent to an activating group) is 2. The van der Waals surface area contributed by atoms with E-state index in [1.807, 2.05) is 7.05 Å². The SMILES string of the molecule is CN(CC1(N(C)C)CCC1)C(=O)c1ccc(F)c(Br)c1. The maximum Gasteiger partial charge on any atom is 0.253 e. The van der Waals surface area contributed by atoms with E-state index in [0.717, 1.165) is 12.8 Å². The Bertz CT molecular complexity index is 515. The van der Waals surface area contributed by atoms with Gasteiger partial charge < -0.3 is 9.80 Å². The van der Waals surface area contributed by atoms with Crippen LogP contribution in [0.25, 0.3) is 0 Å². The molecule has 1 saturated carbocycles. The molecular formula is C15H20BrFN2O. The Kier molecular flexibility index (Phi) is 4.49. The van der Waals surface area contributed by atoms with Gasteiger partial charge in [-0.05, 0) is 67.5 Å². The summed E-state index contributed by atoms with van der Waals surface area (Å²) in [4.78, 5) is 16.4. The molecule has 0 bridgehead atoms. The van der Waals surface area contributed by atoms with Gasteiger partial charge >= 0.3 is 0 Å². The van der Waals surface area contributed by atoms with Crippen LogP contribution in [0.15, 0.2) is 22.7 Å². The quantitative estimate of drug-likeness (QED) is 0.839. The number of hydrogen-bond donors (Lipinski definition) is 0. The lowest BCUT2D eigenvalue weighted by Gasteiger charge is -2.49. The highest BCUT2D eigenvalue weighted by atomic mass is 79.9. The molecule has 0 unspecified atom stereocenters. The summed E-state index contributed by atoms with van der Waals surface area (Å²) in [5, 5.41) is 0. The first kappa shape index (κ1) is 15.4. The van der Waals surface area contributed by atoms with Gasteiger partial charge in [-0.25, -0.2) is 4.39 Å². The van der Waals surface area contributed by atoms with Crippen LogP contribution in [-0.4, -0.2) is 48.9 Å². The second kappa shape index (κ2) is 5.82. The molecule has 0 aromatic heterocycles. The summed E-state index contributed by atoms with van der Waals surface area (Å²) in [6.45, 7) is 0.702. The number of hydrogen-bond acceptors (Lipinski definition) is 2. The van der Waals surface area contributed by atoms with Crippen LogP contribution in [0.5, 0.6) is 0 Å². The smallest absolute Gasteiger partial charge is 0.253 e. The monoisotopic (exact) mass is 342 g/mol. The van der Waals surface area contributed by atoms with Crippen LogP contribution in [0, 0.1) is 5.82 Å². The molecule has 110 valence electrons. The van der Waals surface area contributed by atoms with Gasteiger partial charge in [0.05, 0.1) is 4.47 Å². The molecule has 0 N–H and O–H groups in total. The minimum absolute atomic E-state index is 0.0705. The molecule has 5 heteroatoms. The van der Waals surface area contributed by atoms with Gasteiger partial charge in [0.25, 0.3) is 5.91 Å². The van der Waals surface area contributed by atoms with Crippen molar-refractivity contribution in [1.29, 1.82) is 0 Å². The molecule has 1 aliphatic carbocycles. The van der Waals surface area contributed by atoms with Gasteiger partial charge in [0.15, 0.2) is 0 Å². The van der Waals surface area contributed by atoms with Crippen molar-refractivity contribution in [2.75, 3.05) is 27.7 Å². The summed E-state index contributed by atoms with van der Waals surface area (Å²) >= 11 is 3.12. The van der Waals surface area contributed by atoms with E-state index in [0.29, 0.717) is 16.6 Å². The number of rotatable bonds is 4. The highest BCUT2D eigenvalue weighted by molar-refractivity contribution is 9.10. The van der Waals surface area contributed by atoms with Crippen LogP contribution in [0.4, 0.5) is 4.39 Å². The van der Waals surface area contributed by atoms with Crippen molar-refractivity contribution in [2.24, 2.45) is 0 Å². The topological polar surface area (TPSA) is 23.6 Å². The third-order valence-electron chi connectivity index (χ3n) is 4.28. The first-order valence-corrected chi connectivity index (χ1v) is 7.53. The molecule has 1 amide bonds. The number of benzene rings is 1. The van der Waals surface area contributed by atoms with Crippen molar-refractivity contribution in [1.82, 2.24) is 9.80 Å². The minimum atomic E-state index is -0.354. The molecule has 0 aliphatic heterocycles. The first-order valence-electron chi connectivity index (χ1n) is 6.74. The maximum atomic E-state index is 13.2. The van der Waals surface area contributed by atoms with Crippen LogP contribution in [-0.2, 0) is 0 Å². The van der Waals surface area contributed by atoms with E-state index in [1.54, 1.807) is 4.90 Å². The average molecular weight is 343 g/mol. The second-order valence-electron chi connectivity index (χ2n) is 5.76. The van der Waals surface area contributed by atoms with Crippen molar-refractivity contribution in [3.8, 4) is 0 Å². The van der Waals surface area contributed by atoms with Crippen LogP contribution in [0.1, 0.15) is 29.6 Å². The fraction of sp³-hybridized carbons (Fsp3) is 0.533. The molecular weight excluding hydrogens is 323 g/mol. The molecule has 1 aromatic carbocycles. The number of carbonyl (C=O) groups is 1. The van der Waals surface area contributed by atoms with E-state index in [2.05, 4.69) is 34.9 Å². The Morgan fingerprint density at radius 3 is 2.45 bits per heavy atom. The predicted octanol–water partition coefficient (Wildman–Crippen LogP) is 3.14. The molecule has 0 atom stereocenters. The van der Waals surface area contributed by atoms with E-state index in [-0.39, 0.29) is 17.3 Å². The summed E-state index contributed by atoms with van der Waals surface area (Å²) in [5.41, 5.74) is 0.607. The zero-order valence-corrected chi connectivity index (χ0v) is 13.7. The lowest BCUT2D eigenvalue weighted by atomic mass is 9.75. The third kappa shape index (κ3) is 2.88. The largest absolute Gasteiger partial charge is 0.340 e. The zero-order chi connectivity index (χ0) is 14.9. The van der Waals surface area contributed by atoms with Crippen LogP contribution in [0.2, 0.25) is 0 Å². The Hall–Kier alpha value is -0.940. The normalized spacial score (nSPS) is 16.9. The summed E-state index contributed by atoms with van der Waals surface area (Å²) in [7, 11) is 5.93. The van der Waals surface area contributed by atoms with E-state index >= 15 is 0 Å². The highest BCUT2D eigenvalue weighted by Gasteiger charge is 2.40. The van der Waals surface area contributed by atoms with Crippen molar-refractivity contribution in [2.45, 2.75) is 24.8 Å². The number of nitrogens with zero attached hydrogens (tertiary/aromatic N) is 2. The summed E-state index contributed by atoms with van der Waals surface area (Å²) < 4.78 is 13.5. The fourth-order valence-electron chi connectivity index (χ4n) is 2.69. The Morgan fingerprint density at radius 1 is 1.35 bits per heavy atom. The van der Waals surface area contributed by atoms with Crippen molar-refractivity contribution < 1.29 is 9.18 Å². The molecule has 2 rings (SSSR count). The zero-order valence-electron chi connectivity index (χ0n) is 12.1. The van der Waals surface area contributed by atoms with Crippen molar-refractivity contribution >= 4 is 21.8 Å². The predicted molar refractivity (Wildman–Crippen MR) is 81.3 cm³/mol. The number of amides is 1. The summed E-state index contributed by atoms with van der Waals surface area (Å²) in [6.07, 6.45) is 3.44. The number of halogens is 2. The number of carbonyl (C=O) groups excluding carboxylic acids is 1. The fourth-order valence-corrected chi connectivity index (χ4v) is 3.07. The van der Waals surface area contributed by atoms with Gasteiger partial charge in [-0.1, -0.05) is 0 Å². The summed E-state index contributed by atoms with van der Waals surface area (Å²) in [6, 6.07) is 4.38. The molecule has 0 spiro atoms. The average Bonchev–Trinajstić information content (AvgIpc) is 2.35. The Labute approximate surface area is 127 Å². The van der Waals surface area contributed by atoms with Crippen molar-refractivity contribution in [3.05, 3.63) is 34.1 Å². The van der Waals surface area contributed by atoms with Crippen LogP contribution < -0.4 is 0 Å². The van der Waals surface area contributed by atoms with Crippen LogP contribution in [0.3, 0.4) is 0 Å². The molecule has 1 aromatic rings. The first-order chi connectivity index (χ1) is 9.35. The Morgan fingerprint density at radius 2 is 2.00 bits per heavy atom. The van der Waals surface area contributed by atoms with Gasteiger partial charge in [0, 0.05) is 24.7 Å². The summed E-state index contributed by atoms with van der Waals surface area (Å²) in [5.74, 6) is -0.424.